The number of benzene rings is 1. The van der Waals surface area contributed by atoms with Crippen LogP contribution in [-0.2, 0) is 0 Å². The van der Waals surface area contributed by atoms with E-state index >= 15 is 0 Å². The van der Waals surface area contributed by atoms with Gasteiger partial charge in [-0.3, -0.25) is 0 Å². The topological polar surface area (TPSA) is 9.23 Å². The second-order valence-corrected chi connectivity index (χ2v) is 10.7. The average molecular weight is 336 g/mol. The lowest BCUT2D eigenvalue weighted by Crippen LogP contribution is -2.27. The van der Waals surface area contributed by atoms with Gasteiger partial charge in [-0.25, -0.2) is 0 Å². The molecule has 4 heteroatoms. The van der Waals surface area contributed by atoms with Crippen LogP contribution in [0.5, 0.6) is 5.75 Å². The molecule has 0 fully saturated rings. The molecule has 0 N–H and O–H groups in total. The Hall–Kier alpha value is 0.00688. The molecule has 1 nitrogen and oxygen atoms in total. The molecule has 0 atom stereocenters. The van der Waals surface area contributed by atoms with Crippen LogP contribution in [0.1, 0.15) is 19.4 Å². The van der Waals surface area contributed by atoms with Crippen LogP contribution in [0.25, 0.3) is 0 Å². The number of ether oxygens (including phenoxy) is 1. The van der Waals surface area contributed by atoms with Crippen molar-refractivity contribution in [2.45, 2.75) is 38.9 Å². The number of rotatable bonds is 4. The van der Waals surface area contributed by atoms with Gasteiger partial charge in [-0.15, -0.1) is 0 Å². The molecule has 0 amide bonds. The van der Waals surface area contributed by atoms with Gasteiger partial charge in [0, 0.05) is 13.3 Å². The molecule has 0 aliphatic heterocycles. The van der Waals surface area contributed by atoms with Gasteiger partial charge in [-0.05, 0) is 29.7 Å². The van der Waals surface area contributed by atoms with Gasteiger partial charge in [0.1, 0.15) is 5.75 Å². The standard InChI is InChI=1S/C13H20BrClOSi/c1-9-6-10(14)7-11(15)12(9)16-8-13(2,3)17(4)5/h6-7,17H,8H2,1-5H3. The third kappa shape index (κ3) is 4.00. The summed E-state index contributed by atoms with van der Waals surface area (Å²) in [6, 6.07) is 3.91. The molecule has 96 valence electrons. The number of halogens is 2. The quantitative estimate of drug-likeness (QED) is 0.699. The van der Waals surface area contributed by atoms with E-state index in [0.29, 0.717) is 5.02 Å². The zero-order chi connectivity index (χ0) is 13.2. The van der Waals surface area contributed by atoms with Gasteiger partial charge in [0.05, 0.1) is 11.6 Å². The van der Waals surface area contributed by atoms with Gasteiger partial charge in [0.15, 0.2) is 0 Å². The minimum absolute atomic E-state index is 0.281. The van der Waals surface area contributed by atoms with Crippen molar-refractivity contribution >= 4 is 36.3 Å². The molecular formula is C13H20BrClOSi. The minimum atomic E-state index is -0.739. The number of hydrogen-bond donors (Lipinski definition) is 0. The van der Waals surface area contributed by atoms with Gasteiger partial charge in [0.25, 0.3) is 0 Å². The molecule has 0 aromatic heterocycles. The fourth-order valence-electron chi connectivity index (χ4n) is 1.30. The first-order valence-electron chi connectivity index (χ1n) is 5.82. The molecule has 0 aliphatic rings. The van der Waals surface area contributed by atoms with Crippen LogP contribution >= 0.6 is 27.5 Å². The summed E-state index contributed by atoms with van der Waals surface area (Å²) < 4.78 is 6.92. The molecule has 0 radical (unpaired) electrons. The van der Waals surface area contributed by atoms with E-state index in [2.05, 4.69) is 42.9 Å². The van der Waals surface area contributed by atoms with Crippen molar-refractivity contribution in [3.05, 3.63) is 27.2 Å². The Morgan fingerprint density at radius 2 is 1.94 bits per heavy atom. The monoisotopic (exact) mass is 334 g/mol. The van der Waals surface area contributed by atoms with Gasteiger partial charge in [-0.1, -0.05) is 54.5 Å². The molecule has 0 bridgehead atoms. The van der Waals surface area contributed by atoms with E-state index in [1.165, 1.54) is 0 Å². The summed E-state index contributed by atoms with van der Waals surface area (Å²) in [5.41, 5.74) is 1.07. The third-order valence-electron chi connectivity index (χ3n) is 3.35. The molecule has 1 rings (SSSR count). The van der Waals surface area contributed by atoms with Crippen LogP contribution in [0.3, 0.4) is 0 Å². The van der Waals surface area contributed by atoms with Crippen LogP contribution in [0, 0.1) is 6.92 Å². The lowest BCUT2D eigenvalue weighted by Gasteiger charge is -2.28. The van der Waals surface area contributed by atoms with Gasteiger partial charge in [-0.2, -0.15) is 0 Å². The predicted molar refractivity (Wildman–Crippen MR) is 82.3 cm³/mol. The lowest BCUT2D eigenvalue weighted by atomic mass is 10.2. The maximum Gasteiger partial charge on any atom is 0.140 e. The summed E-state index contributed by atoms with van der Waals surface area (Å²) >= 11 is 9.63. The second kappa shape index (κ2) is 5.76. The Labute approximate surface area is 119 Å². The SMILES string of the molecule is Cc1cc(Br)cc(Cl)c1OCC(C)(C)[SiH](C)C. The highest BCUT2D eigenvalue weighted by atomic mass is 79.9. The Morgan fingerprint density at radius 1 is 1.35 bits per heavy atom. The molecule has 0 saturated heterocycles. The van der Waals surface area contributed by atoms with Crippen molar-refractivity contribution in [1.29, 1.82) is 0 Å². The lowest BCUT2D eigenvalue weighted by molar-refractivity contribution is 0.275. The number of hydrogen-bond acceptors (Lipinski definition) is 1. The smallest absolute Gasteiger partial charge is 0.140 e. The Bertz CT molecular complexity index is 381. The molecule has 17 heavy (non-hydrogen) atoms. The van der Waals surface area contributed by atoms with Crippen LogP contribution in [0.15, 0.2) is 16.6 Å². The number of aryl methyl sites for hydroxylation is 1. The summed E-state index contributed by atoms with van der Waals surface area (Å²) in [6.07, 6.45) is 0. The summed E-state index contributed by atoms with van der Waals surface area (Å²) in [5, 5.41) is 0.959. The first kappa shape index (κ1) is 15.1. The van der Waals surface area contributed by atoms with E-state index in [0.717, 1.165) is 22.4 Å². The Kier molecular flexibility index (Phi) is 5.11. The van der Waals surface area contributed by atoms with Crippen molar-refractivity contribution < 1.29 is 4.74 Å². The van der Waals surface area contributed by atoms with Crippen LogP contribution in [0.2, 0.25) is 23.2 Å². The molecule has 0 aliphatic carbocycles. The zero-order valence-corrected chi connectivity index (χ0v) is 14.6. The molecule has 0 saturated carbocycles. The maximum atomic E-state index is 6.20. The van der Waals surface area contributed by atoms with Crippen LogP contribution < -0.4 is 4.74 Å². The van der Waals surface area contributed by atoms with Gasteiger partial charge >= 0.3 is 0 Å². The van der Waals surface area contributed by atoms with E-state index in [9.17, 15) is 0 Å². The van der Waals surface area contributed by atoms with Crippen LogP contribution in [0.4, 0.5) is 0 Å². The normalized spacial score (nSPS) is 12.0. The first-order valence-corrected chi connectivity index (χ1v) is 9.88. The molecule has 1 aromatic carbocycles. The van der Waals surface area contributed by atoms with Crippen molar-refractivity contribution in [1.82, 2.24) is 0 Å². The molecule has 1 aromatic rings. The third-order valence-corrected chi connectivity index (χ3v) is 7.38. The summed E-state index contributed by atoms with van der Waals surface area (Å²) in [6.45, 7) is 12.0. The highest BCUT2D eigenvalue weighted by molar-refractivity contribution is 9.10. The van der Waals surface area contributed by atoms with E-state index in [-0.39, 0.29) is 5.04 Å². The van der Waals surface area contributed by atoms with Crippen LogP contribution in [-0.4, -0.2) is 15.4 Å². The second-order valence-electron chi connectivity index (χ2n) is 5.47. The highest BCUT2D eigenvalue weighted by Crippen LogP contribution is 2.35. The van der Waals surface area contributed by atoms with E-state index in [1.807, 2.05) is 19.1 Å². The van der Waals surface area contributed by atoms with E-state index < -0.39 is 8.80 Å². The van der Waals surface area contributed by atoms with Gasteiger partial charge in [0.2, 0.25) is 0 Å². The molecule has 0 spiro atoms. The molecular weight excluding hydrogens is 316 g/mol. The fourth-order valence-corrected chi connectivity index (χ4v) is 2.74. The minimum Gasteiger partial charge on any atom is -0.492 e. The molecule has 0 heterocycles. The van der Waals surface area contributed by atoms with E-state index in [1.54, 1.807) is 0 Å². The summed E-state index contributed by atoms with van der Waals surface area (Å²) in [4.78, 5) is 0. The van der Waals surface area contributed by atoms with Gasteiger partial charge < -0.3 is 4.74 Å². The van der Waals surface area contributed by atoms with Crippen molar-refractivity contribution in [3.8, 4) is 5.75 Å². The fraction of sp³-hybridized carbons (Fsp3) is 0.538. The molecule has 0 unspecified atom stereocenters. The Morgan fingerprint density at radius 3 is 2.41 bits per heavy atom. The van der Waals surface area contributed by atoms with E-state index in [4.69, 9.17) is 16.3 Å². The summed E-state index contributed by atoms with van der Waals surface area (Å²) in [5.74, 6) is 0.817. The summed E-state index contributed by atoms with van der Waals surface area (Å²) in [7, 11) is -0.739. The zero-order valence-electron chi connectivity index (χ0n) is 11.1. The van der Waals surface area contributed by atoms with Crippen molar-refractivity contribution in [2.75, 3.05) is 6.61 Å². The maximum absolute atomic E-state index is 6.20. The first-order chi connectivity index (χ1) is 7.74. The largest absolute Gasteiger partial charge is 0.492 e. The van der Waals surface area contributed by atoms with Crippen molar-refractivity contribution in [3.63, 3.8) is 0 Å². The van der Waals surface area contributed by atoms with Crippen molar-refractivity contribution in [2.24, 2.45) is 0 Å². The average Bonchev–Trinajstić information content (AvgIpc) is 2.15. The highest BCUT2D eigenvalue weighted by Gasteiger charge is 2.25. The predicted octanol–water partition coefficient (Wildman–Crippen LogP) is 5.06. The Balaban J connectivity index is 2.83.